The number of aryl methyl sites for hydroxylation is 1. The van der Waals surface area contributed by atoms with Crippen molar-refractivity contribution < 1.29 is 13.7 Å². The molecule has 1 saturated carbocycles. The second kappa shape index (κ2) is 5.31. The topological polar surface area (TPSA) is 94.1 Å². The summed E-state index contributed by atoms with van der Waals surface area (Å²) in [6.07, 6.45) is 5.78. The SMILES string of the molecule is Cc1nc(C2(NC(=O)c3cnc(-c4ccco4)s3)CCC2)no1. The Hall–Kier alpha value is -2.48. The maximum atomic E-state index is 12.6. The lowest BCUT2D eigenvalue weighted by Crippen LogP contribution is -2.51. The van der Waals surface area contributed by atoms with Gasteiger partial charge in [0, 0.05) is 6.92 Å². The highest BCUT2D eigenvalue weighted by Crippen LogP contribution is 2.40. The molecule has 4 rings (SSSR count). The van der Waals surface area contributed by atoms with Crippen LogP contribution in [0.3, 0.4) is 0 Å². The van der Waals surface area contributed by atoms with Crippen molar-refractivity contribution in [3.05, 3.63) is 41.2 Å². The molecule has 3 aromatic rings. The minimum Gasteiger partial charge on any atom is -0.462 e. The molecule has 0 saturated heterocycles. The van der Waals surface area contributed by atoms with Crippen LogP contribution in [-0.4, -0.2) is 21.0 Å². The number of carbonyl (C=O) groups excluding carboxylic acids is 1. The van der Waals surface area contributed by atoms with Gasteiger partial charge in [-0.15, -0.1) is 11.3 Å². The molecule has 1 aliphatic carbocycles. The van der Waals surface area contributed by atoms with Gasteiger partial charge in [-0.25, -0.2) is 4.98 Å². The van der Waals surface area contributed by atoms with Gasteiger partial charge >= 0.3 is 0 Å². The lowest BCUT2D eigenvalue weighted by Gasteiger charge is -2.39. The Morgan fingerprint density at radius 1 is 1.43 bits per heavy atom. The molecule has 1 aliphatic rings. The van der Waals surface area contributed by atoms with Gasteiger partial charge in [0.15, 0.2) is 16.6 Å². The minimum atomic E-state index is -0.524. The van der Waals surface area contributed by atoms with Crippen molar-refractivity contribution in [3.63, 3.8) is 0 Å². The van der Waals surface area contributed by atoms with E-state index >= 15 is 0 Å². The van der Waals surface area contributed by atoms with Gasteiger partial charge < -0.3 is 14.3 Å². The molecule has 0 atom stereocenters. The normalized spacial score (nSPS) is 16.0. The van der Waals surface area contributed by atoms with E-state index in [9.17, 15) is 4.79 Å². The minimum absolute atomic E-state index is 0.178. The van der Waals surface area contributed by atoms with Crippen molar-refractivity contribution >= 4 is 17.2 Å². The molecule has 0 aliphatic heterocycles. The number of hydrogen-bond donors (Lipinski definition) is 1. The Kier molecular flexibility index (Phi) is 3.26. The molecular weight excluding hydrogens is 316 g/mol. The third-order valence-corrected chi connectivity index (χ3v) is 4.99. The predicted octanol–water partition coefficient (Wildman–Crippen LogP) is 2.90. The average molecular weight is 330 g/mol. The Morgan fingerprint density at radius 3 is 2.91 bits per heavy atom. The van der Waals surface area contributed by atoms with E-state index in [4.69, 9.17) is 8.94 Å². The number of furan rings is 1. The molecule has 0 aromatic carbocycles. The van der Waals surface area contributed by atoms with Gasteiger partial charge in [0.25, 0.3) is 5.91 Å². The lowest BCUT2D eigenvalue weighted by atomic mass is 9.76. The summed E-state index contributed by atoms with van der Waals surface area (Å²) >= 11 is 1.29. The number of thiazole rings is 1. The van der Waals surface area contributed by atoms with Crippen LogP contribution in [0.15, 0.2) is 33.5 Å². The van der Waals surface area contributed by atoms with Gasteiger partial charge in [-0.05, 0) is 31.4 Å². The molecule has 23 heavy (non-hydrogen) atoms. The fourth-order valence-electron chi connectivity index (χ4n) is 2.60. The Morgan fingerprint density at radius 2 is 2.30 bits per heavy atom. The molecule has 1 N–H and O–H groups in total. The molecule has 7 nitrogen and oxygen atoms in total. The Labute approximate surface area is 135 Å². The summed E-state index contributed by atoms with van der Waals surface area (Å²) in [6.45, 7) is 1.74. The monoisotopic (exact) mass is 330 g/mol. The summed E-state index contributed by atoms with van der Waals surface area (Å²) in [6, 6.07) is 3.61. The first-order valence-corrected chi connectivity index (χ1v) is 8.11. The van der Waals surface area contributed by atoms with E-state index in [1.54, 1.807) is 25.5 Å². The van der Waals surface area contributed by atoms with E-state index in [0.29, 0.717) is 27.4 Å². The largest absolute Gasteiger partial charge is 0.462 e. The predicted molar refractivity (Wildman–Crippen MR) is 81.8 cm³/mol. The highest BCUT2D eigenvalue weighted by Gasteiger charge is 2.44. The number of aromatic nitrogens is 3. The average Bonchev–Trinajstić information content (AvgIpc) is 3.22. The van der Waals surface area contributed by atoms with Crippen molar-refractivity contribution in [2.75, 3.05) is 0 Å². The first kappa shape index (κ1) is 14.1. The number of carbonyl (C=O) groups is 1. The fourth-order valence-corrected chi connectivity index (χ4v) is 3.38. The summed E-state index contributed by atoms with van der Waals surface area (Å²) < 4.78 is 10.4. The number of amides is 1. The third kappa shape index (κ3) is 2.44. The van der Waals surface area contributed by atoms with Crippen LogP contribution in [-0.2, 0) is 5.54 Å². The first-order valence-electron chi connectivity index (χ1n) is 7.29. The third-order valence-electron chi connectivity index (χ3n) is 3.98. The Bertz CT molecular complexity index is 833. The van der Waals surface area contributed by atoms with Crippen molar-refractivity contribution in [1.29, 1.82) is 0 Å². The summed E-state index contributed by atoms with van der Waals surface area (Å²) in [5, 5.41) is 7.70. The van der Waals surface area contributed by atoms with Crippen molar-refractivity contribution in [2.24, 2.45) is 0 Å². The van der Waals surface area contributed by atoms with Crippen LogP contribution in [0.2, 0.25) is 0 Å². The summed E-state index contributed by atoms with van der Waals surface area (Å²) in [7, 11) is 0. The molecule has 0 bridgehead atoms. The van der Waals surface area contributed by atoms with Crippen molar-refractivity contribution in [3.8, 4) is 10.8 Å². The molecule has 1 fully saturated rings. The van der Waals surface area contributed by atoms with Gasteiger partial charge in [0.2, 0.25) is 5.89 Å². The second-order valence-corrected chi connectivity index (χ2v) is 6.56. The molecule has 3 aromatic heterocycles. The maximum Gasteiger partial charge on any atom is 0.263 e. The molecular formula is C15H14N4O3S. The molecule has 0 unspecified atom stereocenters. The summed E-state index contributed by atoms with van der Waals surface area (Å²) in [4.78, 5) is 21.6. The molecule has 118 valence electrons. The summed E-state index contributed by atoms with van der Waals surface area (Å²) in [5.41, 5.74) is -0.524. The van der Waals surface area contributed by atoms with Gasteiger partial charge in [-0.3, -0.25) is 4.79 Å². The number of rotatable bonds is 4. The van der Waals surface area contributed by atoms with Crippen LogP contribution < -0.4 is 5.32 Å². The van der Waals surface area contributed by atoms with Crippen LogP contribution in [0.25, 0.3) is 10.8 Å². The van der Waals surface area contributed by atoms with Crippen LogP contribution in [0.4, 0.5) is 0 Å². The van der Waals surface area contributed by atoms with Crippen LogP contribution in [0.1, 0.15) is 40.6 Å². The highest BCUT2D eigenvalue weighted by atomic mass is 32.1. The van der Waals surface area contributed by atoms with E-state index in [2.05, 4.69) is 20.4 Å². The zero-order valence-corrected chi connectivity index (χ0v) is 13.2. The fraction of sp³-hybridized carbons (Fsp3) is 0.333. The molecule has 3 heterocycles. The van der Waals surface area contributed by atoms with Crippen LogP contribution >= 0.6 is 11.3 Å². The van der Waals surface area contributed by atoms with Gasteiger partial charge in [0.1, 0.15) is 10.4 Å². The lowest BCUT2D eigenvalue weighted by molar-refractivity contribution is 0.0809. The summed E-state index contributed by atoms with van der Waals surface area (Å²) in [5.74, 6) is 1.52. The van der Waals surface area contributed by atoms with E-state index in [0.717, 1.165) is 19.3 Å². The number of nitrogens with one attached hydrogen (secondary N) is 1. The van der Waals surface area contributed by atoms with Crippen molar-refractivity contribution in [2.45, 2.75) is 31.7 Å². The van der Waals surface area contributed by atoms with Gasteiger partial charge in [-0.2, -0.15) is 4.98 Å². The molecule has 8 heteroatoms. The molecule has 0 spiro atoms. The molecule has 1 amide bonds. The van der Waals surface area contributed by atoms with Gasteiger partial charge in [0.05, 0.1) is 12.5 Å². The second-order valence-electron chi connectivity index (χ2n) is 5.53. The van der Waals surface area contributed by atoms with Crippen LogP contribution in [0.5, 0.6) is 0 Å². The number of nitrogens with zero attached hydrogens (tertiary/aromatic N) is 3. The van der Waals surface area contributed by atoms with E-state index in [1.165, 1.54) is 11.3 Å². The highest BCUT2D eigenvalue weighted by molar-refractivity contribution is 7.16. The quantitative estimate of drug-likeness (QED) is 0.790. The first-order chi connectivity index (χ1) is 11.2. The standard InChI is InChI=1S/C15H14N4O3S/c1-9-17-14(19-22-9)15(5-3-6-15)18-12(20)11-8-16-13(23-11)10-4-2-7-21-10/h2,4,7-8H,3,5-6H2,1H3,(H,18,20). The van der Waals surface area contributed by atoms with E-state index in [1.807, 2.05) is 6.07 Å². The molecule has 0 radical (unpaired) electrons. The van der Waals surface area contributed by atoms with Crippen molar-refractivity contribution in [1.82, 2.24) is 20.4 Å². The maximum absolute atomic E-state index is 12.6. The van der Waals surface area contributed by atoms with Gasteiger partial charge in [-0.1, -0.05) is 5.16 Å². The number of hydrogen-bond acceptors (Lipinski definition) is 7. The van der Waals surface area contributed by atoms with E-state index in [-0.39, 0.29) is 5.91 Å². The van der Waals surface area contributed by atoms with E-state index < -0.39 is 5.54 Å². The smallest absolute Gasteiger partial charge is 0.263 e. The zero-order chi connectivity index (χ0) is 15.9. The zero-order valence-electron chi connectivity index (χ0n) is 12.4. The Balaban J connectivity index is 1.55. The van der Waals surface area contributed by atoms with Crippen LogP contribution in [0, 0.1) is 6.92 Å².